The van der Waals surface area contributed by atoms with Gasteiger partial charge < -0.3 is 10.1 Å². The van der Waals surface area contributed by atoms with E-state index in [0.29, 0.717) is 22.9 Å². The van der Waals surface area contributed by atoms with Gasteiger partial charge in [0.05, 0.1) is 0 Å². The number of carbonyl (C=O) groups is 2. The third-order valence-corrected chi connectivity index (χ3v) is 4.98. The average Bonchev–Trinajstić information content (AvgIpc) is 3.41. The van der Waals surface area contributed by atoms with E-state index in [1.54, 1.807) is 67.9 Å². The Morgan fingerprint density at radius 1 is 1.23 bits per heavy atom. The molecule has 2 aromatic carbocycles. The molecule has 0 aliphatic heterocycles. The van der Waals surface area contributed by atoms with Crippen LogP contribution in [0.2, 0.25) is 0 Å². The maximum atomic E-state index is 14.4. The Balaban J connectivity index is 1.34. The van der Waals surface area contributed by atoms with Crippen LogP contribution < -0.4 is 5.32 Å². The lowest BCUT2D eigenvalue weighted by Crippen LogP contribution is -2.25. The van der Waals surface area contributed by atoms with Crippen molar-refractivity contribution in [3.8, 4) is 5.69 Å². The third-order valence-electron chi connectivity index (χ3n) is 4.98. The average molecular weight is 419 g/mol. The first-order valence-corrected chi connectivity index (χ1v) is 10.1. The van der Waals surface area contributed by atoms with E-state index >= 15 is 0 Å². The van der Waals surface area contributed by atoms with Crippen molar-refractivity contribution < 1.29 is 18.7 Å². The van der Waals surface area contributed by atoms with Gasteiger partial charge in [-0.05, 0) is 67.3 Å². The number of rotatable bonds is 7. The third kappa shape index (κ3) is 5.25. The molecule has 158 valence electrons. The fraction of sp³-hybridized carbons (Fsp3) is 0.208. The standard InChI is InChI=1S/C24H22FN3O3/c1-16(19-8-11-22(21(25)15-19)28-14-2-13-26-28)31-23(29)12-5-17-3-6-18(7-4-17)24(30)27-20-9-10-20/h2-8,11-16,20H,9-10H2,1H3,(H,27,30)/b12-5+/t16-/m0/s1. The van der Waals surface area contributed by atoms with Gasteiger partial charge >= 0.3 is 5.97 Å². The first-order valence-electron chi connectivity index (χ1n) is 10.1. The van der Waals surface area contributed by atoms with Crippen molar-refractivity contribution in [3.05, 3.63) is 89.5 Å². The largest absolute Gasteiger partial charge is 0.455 e. The minimum absolute atomic E-state index is 0.0860. The second kappa shape index (κ2) is 8.95. The van der Waals surface area contributed by atoms with E-state index in [1.165, 1.54) is 16.8 Å². The Morgan fingerprint density at radius 3 is 2.65 bits per heavy atom. The number of aromatic nitrogens is 2. The molecule has 0 unspecified atom stereocenters. The summed E-state index contributed by atoms with van der Waals surface area (Å²) >= 11 is 0. The summed E-state index contributed by atoms with van der Waals surface area (Å²) in [5.74, 6) is -1.08. The smallest absolute Gasteiger partial charge is 0.331 e. The number of ether oxygens (including phenoxy) is 1. The van der Waals surface area contributed by atoms with Gasteiger partial charge in [-0.15, -0.1) is 0 Å². The molecule has 1 aliphatic rings. The number of benzene rings is 2. The number of carbonyl (C=O) groups excluding carboxylic acids is 2. The van der Waals surface area contributed by atoms with Crippen LogP contribution in [0, 0.1) is 5.82 Å². The Bertz CT molecular complexity index is 1100. The van der Waals surface area contributed by atoms with Crippen LogP contribution in [0.3, 0.4) is 0 Å². The van der Waals surface area contributed by atoms with E-state index in [1.807, 2.05) is 0 Å². The van der Waals surface area contributed by atoms with Gasteiger partial charge in [-0.25, -0.2) is 13.9 Å². The fourth-order valence-corrected chi connectivity index (χ4v) is 3.06. The Labute approximate surface area is 179 Å². The molecule has 3 aromatic rings. The van der Waals surface area contributed by atoms with Crippen molar-refractivity contribution in [2.24, 2.45) is 0 Å². The summed E-state index contributed by atoms with van der Waals surface area (Å²) in [6.07, 6.45) is 7.59. The molecular formula is C24H22FN3O3. The van der Waals surface area contributed by atoms with Gasteiger partial charge in [0.1, 0.15) is 17.6 Å². The molecule has 0 radical (unpaired) electrons. The topological polar surface area (TPSA) is 73.2 Å². The number of halogens is 1. The van der Waals surface area contributed by atoms with Gasteiger partial charge in [0.2, 0.25) is 0 Å². The zero-order valence-corrected chi connectivity index (χ0v) is 17.0. The van der Waals surface area contributed by atoms with E-state index in [9.17, 15) is 14.0 Å². The molecule has 0 saturated heterocycles. The van der Waals surface area contributed by atoms with Crippen LogP contribution in [-0.2, 0) is 9.53 Å². The fourth-order valence-electron chi connectivity index (χ4n) is 3.06. The van der Waals surface area contributed by atoms with E-state index in [-0.39, 0.29) is 5.91 Å². The second-order valence-electron chi connectivity index (χ2n) is 7.44. The molecule has 1 heterocycles. The van der Waals surface area contributed by atoms with E-state index in [2.05, 4.69) is 10.4 Å². The normalized spacial score (nSPS) is 14.4. The molecule has 1 N–H and O–H groups in total. The summed E-state index contributed by atoms with van der Waals surface area (Å²) < 4.78 is 21.2. The van der Waals surface area contributed by atoms with Crippen molar-refractivity contribution in [3.63, 3.8) is 0 Å². The van der Waals surface area contributed by atoms with Crippen LogP contribution in [0.4, 0.5) is 4.39 Å². The van der Waals surface area contributed by atoms with Crippen molar-refractivity contribution >= 4 is 18.0 Å². The molecule has 1 fully saturated rings. The number of nitrogens with zero attached hydrogens (tertiary/aromatic N) is 2. The van der Waals surface area contributed by atoms with Gasteiger partial charge in [-0.1, -0.05) is 18.2 Å². The molecule has 1 aliphatic carbocycles. The molecule has 1 amide bonds. The first-order chi connectivity index (χ1) is 15.0. The Hall–Kier alpha value is -3.74. The van der Waals surface area contributed by atoms with E-state index in [4.69, 9.17) is 4.74 Å². The highest BCUT2D eigenvalue weighted by molar-refractivity contribution is 5.95. The lowest BCUT2D eigenvalue weighted by molar-refractivity contribution is -0.142. The van der Waals surface area contributed by atoms with Crippen LogP contribution in [-0.4, -0.2) is 27.7 Å². The summed E-state index contributed by atoms with van der Waals surface area (Å²) in [5.41, 5.74) is 2.21. The summed E-state index contributed by atoms with van der Waals surface area (Å²) in [6, 6.07) is 13.6. The Kier molecular flexibility index (Phi) is 5.93. The van der Waals surface area contributed by atoms with E-state index in [0.717, 1.165) is 18.4 Å². The van der Waals surface area contributed by atoms with Crippen molar-refractivity contribution in [2.45, 2.75) is 31.9 Å². The predicted octanol–water partition coefficient (Wildman–Crippen LogP) is 4.22. The van der Waals surface area contributed by atoms with Crippen LogP contribution >= 0.6 is 0 Å². The highest BCUT2D eigenvalue weighted by atomic mass is 19.1. The van der Waals surface area contributed by atoms with Crippen molar-refractivity contribution in [2.75, 3.05) is 0 Å². The van der Waals surface area contributed by atoms with Gasteiger partial charge in [0.15, 0.2) is 0 Å². The van der Waals surface area contributed by atoms with Crippen LogP contribution in [0.25, 0.3) is 11.8 Å². The molecule has 1 atom stereocenters. The van der Waals surface area contributed by atoms with Crippen LogP contribution in [0.5, 0.6) is 0 Å². The second-order valence-corrected chi connectivity index (χ2v) is 7.44. The summed E-state index contributed by atoms with van der Waals surface area (Å²) in [7, 11) is 0. The number of nitrogens with one attached hydrogen (secondary N) is 1. The molecular weight excluding hydrogens is 397 g/mol. The molecule has 6 nitrogen and oxygen atoms in total. The summed E-state index contributed by atoms with van der Waals surface area (Å²) in [4.78, 5) is 24.2. The Morgan fingerprint density at radius 2 is 2.00 bits per heavy atom. The molecule has 0 bridgehead atoms. The van der Waals surface area contributed by atoms with Gasteiger partial charge in [-0.2, -0.15) is 5.10 Å². The molecule has 1 saturated carbocycles. The number of esters is 1. The minimum Gasteiger partial charge on any atom is -0.455 e. The first kappa shape index (κ1) is 20.5. The number of amides is 1. The minimum atomic E-state index is -0.619. The van der Waals surface area contributed by atoms with Crippen LogP contribution in [0.1, 0.15) is 47.4 Å². The SMILES string of the molecule is C[C@H](OC(=O)/C=C/c1ccc(C(=O)NC2CC2)cc1)c1ccc(-n2cccn2)c(F)c1. The van der Waals surface area contributed by atoms with E-state index < -0.39 is 17.9 Å². The number of hydrogen-bond acceptors (Lipinski definition) is 4. The number of hydrogen-bond donors (Lipinski definition) is 1. The molecule has 31 heavy (non-hydrogen) atoms. The lowest BCUT2D eigenvalue weighted by Gasteiger charge is -2.13. The zero-order chi connectivity index (χ0) is 21.8. The summed E-state index contributed by atoms with van der Waals surface area (Å²) in [6.45, 7) is 1.68. The van der Waals surface area contributed by atoms with Gasteiger partial charge in [0.25, 0.3) is 5.91 Å². The van der Waals surface area contributed by atoms with Gasteiger partial charge in [-0.3, -0.25) is 4.79 Å². The highest BCUT2D eigenvalue weighted by Gasteiger charge is 2.23. The predicted molar refractivity (Wildman–Crippen MR) is 114 cm³/mol. The van der Waals surface area contributed by atoms with Crippen LogP contribution in [0.15, 0.2) is 67.0 Å². The van der Waals surface area contributed by atoms with Crippen molar-refractivity contribution in [1.82, 2.24) is 15.1 Å². The highest BCUT2D eigenvalue weighted by Crippen LogP contribution is 2.22. The quantitative estimate of drug-likeness (QED) is 0.460. The lowest BCUT2D eigenvalue weighted by atomic mass is 10.1. The zero-order valence-electron chi connectivity index (χ0n) is 17.0. The maximum absolute atomic E-state index is 14.4. The van der Waals surface area contributed by atoms with Crippen molar-refractivity contribution in [1.29, 1.82) is 0 Å². The molecule has 1 aromatic heterocycles. The molecule has 0 spiro atoms. The summed E-state index contributed by atoms with van der Waals surface area (Å²) in [5, 5.41) is 6.94. The van der Waals surface area contributed by atoms with Gasteiger partial charge in [0, 0.05) is 30.1 Å². The maximum Gasteiger partial charge on any atom is 0.331 e. The monoisotopic (exact) mass is 419 g/mol. The molecule has 7 heteroatoms. The molecule has 4 rings (SSSR count).